The van der Waals surface area contributed by atoms with Crippen LogP contribution in [0.3, 0.4) is 0 Å². The van der Waals surface area contributed by atoms with Gasteiger partial charge in [0.05, 0.1) is 12.2 Å². The monoisotopic (exact) mass is 304 g/mol. The van der Waals surface area contributed by atoms with E-state index in [4.69, 9.17) is 21.7 Å². The molecule has 2 aromatic rings. The topological polar surface area (TPSA) is 60.3 Å². The van der Waals surface area contributed by atoms with Gasteiger partial charge >= 0.3 is 0 Å². The third-order valence-corrected chi connectivity index (χ3v) is 3.47. The van der Waals surface area contributed by atoms with Gasteiger partial charge in [0.15, 0.2) is 16.6 Å². The Morgan fingerprint density at radius 1 is 1.33 bits per heavy atom. The fourth-order valence-electron chi connectivity index (χ4n) is 2.04. The van der Waals surface area contributed by atoms with Crippen LogP contribution in [0.2, 0.25) is 0 Å². The molecule has 3 rings (SSSR count). The van der Waals surface area contributed by atoms with Gasteiger partial charge < -0.3 is 20.1 Å². The summed E-state index contributed by atoms with van der Waals surface area (Å²) in [7, 11) is 1.92. The lowest BCUT2D eigenvalue weighted by atomic mass is 10.3. The van der Waals surface area contributed by atoms with E-state index in [9.17, 15) is 0 Å². The van der Waals surface area contributed by atoms with Crippen LogP contribution in [0, 0.1) is 6.92 Å². The van der Waals surface area contributed by atoms with Crippen molar-refractivity contribution in [2.45, 2.75) is 13.5 Å². The number of aromatic nitrogens is 2. The summed E-state index contributed by atoms with van der Waals surface area (Å²) in [5.41, 5.74) is 2.92. The molecule has 1 aromatic heterocycles. The number of hydrogen-bond acceptors (Lipinski definition) is 4. The standard InChI is InChI=1S/C14H16N4O2S/c1-9-5-11(17-18(9)2)7-15-14(21)16-10-3-4-12-13(6-10)20-8-19-12/h3-6H,7-8H2,1-2H3,(H2,15,16,21). The predicted molar refractivity (Wildman–Crippen MR) is 83.6 cm³/mol. The lowest BCUT2D eigenvalue weighted by Gasteiger charge is -2.10. The molecule has 0 fully saturated rings. The molecule has 1 aromatic carbocycles. The number of benzene rings is 1. The van der Waals surface area contributed by atoms with E-state index < -0.39 is 0 Å². The fourth-order valence-corrected chi connectivity index (χ4v) is 2.23. The van der Waals surface area contributed by atoms with Gasteiger partial charge in [0, 0.05) is 24.5 Å². The molecular formula is C14H16N4O2S. The summed E-state index contributed by atoms with van der Waals surface area (Å²) in [5, 5.41) is 11.1. The molecule has 2 N–H and O–H groups in total. The molecule has 21 heavy (non-hydrogen) atoms. The molecular weight excluding hydrogens is 288 g/mol. The zero-order valence-corrected chi connectivity index (χ0v) is 12.7. The first kappa shape index (κ1) is 13.7. The maximum Gasteiger partial charge on any atom is 0.231 e. The summed E-state index contributed by atoms with van der Waals surface area (Å²) in [6.07, 6.45) is 0. The summed E-state index contributed by atoms with van der Waals surface area (Å²) in [6.45, 7) is 2.86. The molecule has 2 heterocycles. The summed E-state index contributed by atoms with van der Waals surface area (Å²) in [5.74, 6) is 1.48. The Bertz CT molecular complexity index is 664. The van der Waals surface area contributed by atoms with E-state index >= 15 is 0 Å². The summed E-state index contributed by atoms with van der Waals surface area (Å²) >= 11 is 5.27. The summed E-state index contributed by atoms with van der Waals surface area (Å²) < 4.78 is 12.4. The molecule has 0 saturated carbocycles. The van der Waals surface area contributed by atoms with Gasteiger partial charge in [0.1, 0.15) is 0 Å². The lowest BCUT2D eigenvalue weighted by molar-refractivity contribution is 0.174. The van der Waals surface area contributed by atoms with E-state index in [2.05, 4.69) is 15.7 Å². The van der Waals surface area contributed by atoms with Crippen molar-refractivity contribution in [3.63, 3.8) is 0 Å². The number of aryl methyl sites for hydroxylation is 2. The predicted octanol–water partition coefficient (Wildman–Crippen LogP) is 1.94. The van der Waals surface area contributed by atoms with Crippen LogP contribution in [-0.4, -0.2) is 21.7 Å². The maximum absolute atomic E-state index is 5.33. The van der Waals surface area contributed by atoms with Crippen molar-refractivity contribution in [3.05, 3.63) is 35.7 Å². The van der Waals surface area contributed by atoms with Crippen LogP contribution in [0.4, 0.5) is 5.69 Å². The highest BCUT2D eigenvalue weighted by Gasteiger charge is 2.13. The Morgan fingerprint density at radius 3 is 2.90 bits per heavy atom. The van der Waals surface area contributed by atoms with Crippen LogP contribution >= 0.6 is 12.2 Å². The molecule has 0 radical (unpaired) electrons. The van der Waals surface area contributed by atoms with Crippen LogP contribution in [0.25, 0.3) is 0 Å². The Hall–Kier alpha value is -2.28. The number of nitrogens with one attached hydrogen (secondary N) is 2. The minimum Gasteiger partial charge on any atom is -0.454 e. The smallest absolute Gasteiger partial charge is 0.231 e. The van der Waals surface area contributed by atoms with Crippen LogP contribution < -0.4 is 20.1 Å². The molecule has 0 atom stereocenters. The van der Waals surface area contributed by atoms with E-state index in [1.807, 2.05) is 42.9 Å². The van der Waals surface area contributed by atoms with E-state index in [1.165, 1.54) is 0 Å². The molecule has 1 aliphatic rings. The average molecular weight is 304 g/mol. The van der Waals surface area contributed by atoms with Gasteiger partial charge in [0.2, 0.25) is 6.79 Å². The normalized spacial score (nSPS) is 12.3. The van der Waals surface area contributed by atoms with Crippen LogP contribution in [0.1, 0.15) is 11.4 Å². The second-order valence-electron chi connectivity index (χ2n) is 4.78. The number of nitrogens with zero attached hydrogens (tertiary/aromatic N) is 2. The largest absolute Gasteiger partial charge is 0.454 e. The maximum atomic E-state index is 5.33. The van der Waals surface area contributed by atoms with Crippen LogP contribution in [-0.2, 0) is 13.6 Å². The zero-order valence-electron chi connectivity index (χ0n) is 11.8. The van der Waals surface area contributed by atoms with Gasteiger partial charge in [-0.15, -0.1) is 0 Å². The first-order valence-corrected chi connectivity index (χ1v) is 6.96. The molecule has 0 aliphatic carbocycles. The Kier molecular flexibility index (Phi) is 3.66. The van der Waals surface area contributed by atoms with Crippen molar-refractivity contribution in [1.82, 2.24) is 15.1 Å². The number of ether oxygens (including phenoxy) is 2. The number of fused-ring (bicyclic) bond motifs is 1. The summed E-state index contributed by atoms with van der Waals surface area (Å²) in [6, 6.07) is 7.64. The zero-order chi connectivity index (χ0) is 14.8. The molecule has 0 unspecified atom stereocenters. The Balaban J connectivity index is 1.56. The molecule has 0 bridgehead atoms. The number of thiocarbonyl (C=S) groups is 1. The molecule has 7 heteroatoms. The Morgan fingerprint density at radius 2 is 2.14 bits per heavy atom. The van der Waals surface area contributed by atoms with E-state index in [0.717, 1.165) is 28.6 Å². The fraction of sp³-hybridized carbons (Fsp3) is 0.286. The highest BCUT2D eigenvalue weighted by Crippen LogP contribution is 2.34. The van der Waals surface area contributed by atoms with Gasteiger partial charge in [-0.25, -0.2) is 0 Å². The van der Waals surface area contributed by atoms with Gasteiger partial charge in [-0.1, -0.05) is 0 Å². The van der Waals surface area contributed by atoms with Gasteiger partial charge in [-0.2, -0.15) is 5.10 Å². The SMILES string of the molecule is Cc1cc(CNC(=S)Nc2ccc3c(c2)OCO3)nn1C. The van der Waals surface area contributed by atoms with Crippen molar-refractivity contribution in [1.29, 1.82) is 0 Å². The van der Waals surface area contributed by atoms with Gasteiger partial charge in [-0.3, -0.25) is 4.68 Å². The van der Waals surface area contributed by atoms with Crippen molar-refractivity contribution in [2.24, 2.45) is 7.05 Å². The second-order valence-corrected chi connectivity index (χ2v) is 5.18. The average Bonchev–Trinajstić information content (AvgIpc) is 3.03. The van der Waals surface area contributed by atoms with Gasteiger partial charge in [-0.05, 0) is 37.3 Å². The second kappa shape index (κ2) is 5.61. The molecule has 0 amide bonds. The minimum atomic E-state index is 0.264. The Labute approximate surface area is 128 Å². The third-order valence-electron chi connectivity index (χ3n) is 3.22. The highest BCUT2D eigenvalue weighted by atomic mass is 32.1. The van der Waals surface area contributed by atoms with Crippen LogP contribution in [0.15, 0.2) is 24.3 Å². The minimum absolute atomic E-state index is 0.264. The van der Waals surface area contributed by atoms with E-state index in [0.29, 0.717) is 11.7 Å². The van der Waals surface area contributed by atoms with Crippen molar-refractivity contribution < 1.29 is 9.47 Å². The molecule has 6 nitrogen and oxygen atoms in total. The van der Waals surface area contributed by atoms with Crippen molar-refractivity contribution in [3.8, 4) is 11.5 Å². The quantitative estimate of drug-likeness (QED) is 0.845. The molecule has 110 valence electrons. The lowest BCUT2D eigenvalue weighted by Crippen LogP contribution is -2.28. The number of anilines is 1. The van der Waals surface area contributed by atoms with Crippen molar-refractivity contribution in [2.75, 3.05) is 12.1 Å². The third kappa shape index (κ3) is 3.08. The highest BCUT2D eigenvalue weighted by molar-refractivity contribution is 7.80. The molecule has 0 spiro atoms. The number of rotatable bonds is 3. The first-order chi connectivity index (χ1) is 10.1. The van der Waals surface area contributed by atoms with Crippen LogP contribution in [0.5, 0.6) is 11.5 Å². The van der Waals surface area contributed by atoms with E-state index in [-0.39, 0.29) is 6.79 Å². The van der Waals surface area contributed by atoms with Gasteiger partial charge in [0.25, 0.3) is 0 Å². The number of hydrogen-bond donors (Lipinski definition) is 2. The molecule has 0 saturated heterocycles. The first-order valence-electron chi connectivity index (χ1n) is 6.56. The molecule has 1 aliphatic heterocycles. The van der Waals surface area contributed by atoms with E-state index in [1.54, 1.807) is 0 Å². The van der Waals surface area contributed by atoms with Crippen molar-refractivity contribution >= 4 is 23.0 Å². The summed E-state index contributed by atoms with van der Waals surface area (Å²) in [4.78, 5) is 0.